The summed E-state index contributed by atoms with van der Waals surface area (Å²) in [5.41, 5.74) is 3.48. The van der Waals surface area contributed by atoms with Crippen molar-refractivity contribution in [1.29, 1.82) is 0 Å². The maximum absolute atomic E-state index is 12.4. The van der Waals surface area contributed by atoms with Gasteiger partial charge in [0, 0.05) is 55.5 Å². The number of nitrogens with one attached hydrogen (secondary N) is 1. The number of methoxy groups -OCH3 is 2. The number of benzene rings is 1. The van der Waals surface area contributed by atoms with E-state index in [9.17, 15) is 9.59 Å². The summed E-state index contributed by atoms with van der Waals surface area (Å²) in [4.78, 5) is 35.2. The minimum atomic E-state index is -0.0144. The second-order valence-corrected chi connectivity index (χ2v) is 8.70. The van der Waals surface area contributed by atoms with Crippen LogP contribution in [0.1, 0.15) is 42.6 Å². The second kappa shape index (κ2) is 10.7. The smallest absolute Gasteiger partial charge is 0.253 e. The van der Waals surface area contributed by atoms with Crippen LogP contribution in [0.25, 0.3) is 17.2 Å². The summed E-state index contributed by atoms with van der Waals surface area (Å²) in [5, 5.41) is 7.63. The van der Waals surface area contributed by atoms with Crippen LogP contribution >= 0.6 is 0 Å². The van der Waals surface area contributed by atoms with Gasteiger partial charge in [0.05, 0.1) is 14.2 Å². The number of ether oxygens (including phenoxy) is 2. The number of likely N-dealkylation sites (tertiary alicyclic amines) is 1. The molecule has 0 unspecified atom stereocenters. The molecule has 35 heavy (non-hydrogen) atoms. The maximum atomic E-state index is 12.4. The number of aryl methyl sites for hydroxylation is 2. The fourth-order valence-electron chi connectivity index (χ4n) is 4.39. The highest BCUT2D eigenvalue weighted by molar-refractivity contribution is 5.78. The number of nitrogens with zero attached hydrogens (tertiary/aromatic N) is 5. The van der Waals surface area contributed by atoms with Gasteiger partial charge in [-0.15, -0.1) is 5.10 Å². The van der Waals surface area contributed by atoms with Crippen LogP contribution in [0.15, 0.2) is 18.2 Å². The van der Waals surface area contributed by atoms with Gasteiger partial charge >= 0.3 is 0 Å². The van der Waals surface area contributed by atoms with Gasteiger partial charge in [-0.05, 0) is 50.8 Å². The van der Waals surface area contributed by atoms with Gasteiger partial charge in [-0.25, -0.2) is 9.50 Å². The van der Waals surface area contributed by atoms with Crippen LogP contribution in [0.3, 0.4) is 0 Å². The molecule has 1 fully saturated rings. The lowest BCUT2D eigenvalue weighted by atomic mass is 10.1. The SMILES string of the molecule is COc1cc(OC)cc(-c2nc3nc(C)c(CCC(=O)NCCCN4CCCC4=O)c(C)n3n2)c1. The fourth-order valence-corrected chi connectivity index (χ4v) is 4.39. The Hall–Kier alpha value is -3.69. The predicted octanol–water partition coefficient (Wildman–Crippen LogP) is 2.49. The van der Waals surface area contributed by atoms with E-state index in [0.29, 0.717) is 55.5 Å². The maximum Gasteiger partial charge on any atom is 0.253 e. The van der Waals surface area contributed by atoms with Gasteiger partial charge < -0.3 is 19.7 Å². The molecule has 1 aliphatic heterocycles. The minimum Gasteiger partial charge on any atom is -0.497 e. The molecule has 10 nitrogen and oxygen atoms in total. The molecule has 3 aromatic rings. The topological polar surface area (TPSA) is 111 Å². The quantitative estimate of drug-likeness (QED) is 0.444. The molecular weight excluding hydrogens is 448 g/mol. The van der Waals surface area contributed by atoms with E-state index in [-0.39, 0.29) is 11.8 Å². The first-order chi connectivity index (χ1) is 16.9. The van der Waals surface area contributed by atoms with Crippen molar-refractivity contribution in [3.05, 3.63) is 35.2 Å². The van der Waals surface area contributed by atoms with Gasteiger partial charge in [0.25, 0.3) is 5.78 Å². The predicted molar refractivity (Wildman–Crippen MR) is 131 cm³/mol. The summed E-state index contributed by atoms with van der Waals surface area (Å²) in [7, 11) is 3.20. The molecule has 4 rings (SSSR count). The van der Waals surface area contributed by atoms with Crippen LogP contribution < -0.4 is 14.8 Å². The zero-order valence-corrected chi connectivity index (χ0v) is 20.8. The lowest BCUT2D eigenvalue weighted by Gasteiger charge is -2.15. The van der Waals surface area contributed by atoms with E-state index >= 15 is 0 Å². The zero-order chi connectivity index (χ0) is 24.9. The molecule has 186 valence electrons. The highest BCUT2D eigenvalue weighted by Crippen LogP contribution is 2.28. The highest BCUT2D eigenvalue weighted by atomic mass is 16.5. The van der Waals surface area contributed by atoms with Gasteiger partial charge in [0.15, 0.2) is 5.82 Å². The molecule has 1 aliphatic rings. The van der Waals surface area contributed by atoms with Gasteiger partial charge in [-0.2, -0.15) is 4.98 Å². The molecule has 0 spiro atoms. The second-order valence-electron chi connectivity index (χ2n) is 8.70. The minimum absolute atomic E-state index is 0.0144. The monoisotopic (exact) mass is 480 g/mol. The lowest BCUT2D eigenvalue weighted by Crippen LogP contribution is -2.30. The third-order valence-corrected chi connectivity index (χ3v) is 6.36. The van der Waals surface area contributed by atoms with Crippen LogP contribution in [-0.4, -0.2) is 70.2 Å². The molecule has 0 radical (unpaired) electrons. The molecule has 1 N–H and O–H groups in total. The number of amides is 2. The molecule has 2 amide bonds. The molecule has 1 saturated heterocycles. The molecule has 0 aliphatic carbocycles. The van der Waals surface area contributed by atoms with Gasteiger partial charge in [0.2, 0.25) is 11.8 Å². The van der Waals surface area contributed by atoms with Crippen molar-refractivity contribution in [1.82, 2.24) is 29.8 Å². The molecule has 2 aromatic heterocycles. The van der Waals surface area contributed by atoms with Gasteiger partial charge in [0.1, 0.15) is 11.5 Å². The molecule has 1 aromatic carbocycles. The largest absolute Gasteiger partial charge is 0.497 e. The van der Waals surface area contributed by atoms with Crippen LogP contribution in [0.5, 0.6) is 11.5 Å². The van der Waals surface area contributed by atoms with E-state index < -0.39 is 0 Å². The first-order valence-electron chi connectivity index (χ1n) is 11.9. The van der Waals surface area contributed by atoms with E-state index in [1.165, 1.54) is 0 Å². The molecule has 0 bridgehead atoms. The normalized spacial score (nSPS) is 13.5. The highest BCUT2D eigenvalue weighted by Gasteiger charge is 2.19. The third kappa shape index (κ3) is 5.52. The van der Waals surface area contributed by atoms with E-state index in [1.807, 2.05) is 30.9 Å². The Balaban J connectivity index is 1.41. The molecule has 3 heterocycles. The summed E-state index contributed by atoms with van der Waals surface area (Å²) < 4.78 is 12.4. The van der Waals surface area contributed by atoms with Crippen LogP contribution in [0.4, 0.5) is 0 Å². The summed E-state index contributed by atoms with van der Waals surface area (Å²) in [6.07, 6.45) is 3.25. The first-order valence-corrected chi connectivity index (χ1v) is 11.9. The van der Waals surface area contributed by atoms with E-state index in [0.717, 1.165) is 41.9 Å². The summed E-state index contributed by atoms with van der Waals surface area (Å²) in [5.74, 6) is 2.52. The number of carbonyl (C=O) groups excluding carboxylic acids is 2. The Morgan fingerprint density at radius 2 is 1.86 bits per heavy atom. The Morgan fingerprint density at radius 1 is 1.11 bits per heavy atom. The van der Waals surface area contributed by atoms with Crippen molar-refractivity contribution < 1.29 is 19.1 Å². The number of carbonyl (C=O) groups is 2. The van der Waals surface area contributed by atoms with Crippen molar-refractivity contribution in [2.24, 2.45) is 0 Å². The molecule has 0 saturated carbocycles. The summed E-state index contributed by atoms with van der Waals surface area (Å²) >= 11 is 0. The number of aromatic nitrogens is 4. The Kier molecular flexibility index (Phi) is 7.48. The zero-order valence-electron chi connectivity index (χ0n) is 20.8. The first kappa shape index (κ1) is 24.4. The molecule has 0 atom stereocenters. The van der Waals surface area contributed by atoms with Crippen LogP contribution in [-0.2, 0) is 16.0 Å². The number of fused-ring (bicyclic) bond motifs is 1. The van der Waals surface area contributed by atoms with Crippen LogP contribution in [0, 0.1) is 13.8 Å². The average Bonchev–Trinajstić information content (AvgIpc) is 3.47. The van der Waals surface area contributed by atoms with E-state index in [2.05, 4.69) is 20.4 Å². The lowest BCUT2D eigenvalue weighted by molar-refractivity contribution is -0.127. The fraction of sp³-hybridized carbons (Fsp3) is 0.480. The van der Waals surface area contributed by atoms with E-state index in [1.54, 1.807) is 24.8 Å². The molecule has 10 heteroatoms. The standard InChI is InChI=1S/C25H32N6O4/c1-16-21(8-9-22(32)26-10-6-12-30-11-5-7-23(30)33)17(2)31-25(27-16)28-24(29-31)18-13-19(34-3)15-20(14-18)35-4/h13-15H,5-12H2,1-4H3,(H,26,32). The summed E-state index contributed by atoms with van der Waals surface area (Å²) in [6, 6.07) is 5.50. The van der Waals surface area contributed by atoms with Crippen LogP contribution in [0.2, 0.25) is 0 Å². The molecular formula is C25H32N6O4. The number of hydrogen-bond donors (Lipinski definition) is 1. The van der Waals surface area contributed by atoms with Crippen molar-refractivity contribution >= 4 is 17.6 Å². The van der Waals surface area contributed by atoms with Crippen molar-refractivity contribution in [2.45, 2.75) is 46.0 Å². The van der Waals surface area contributed by atoms with Crippen molar-refractivity contribution in [2.75, 3.05) is 33.9 Å². The summed E-state index contributed by atoms with van der Waals surface area (Å²) in [6.45, 7) is 5.99. The van der Waals surface area contributed by atoms with Crippen molar-refractivity contribution in [3.8, 4) is 22.9 Å². The van der Waals surface area contributed by atoms with E-state index in [4.69, 9.17) is 9.47 Å². The van der Waals surface area contributed by atoms with Crippen molar-refractivity contribution in [3.63, 3.8) is 0 Å². The average molecular weight is 481 g/mol. The number of hydrogen-bond acceptors (Lipinski definition) is 7. The third-order valence-electron chi connectivity index (χ3n) is 6.36. The van der Waals surface area contributed by atoms with Gasteiger partial charge in [-0.1, -0.05) is 0 Å². The van der Waals surface area contributed by atoms with Gasteiger partial charge in [-0.3, -0.25) is 9.59 Å². The Morgan fingerprint density at radius 3 is 2.51 bits per heavy atom. The Labute approximate surface area is 204 Å². The Bertz CT molecular complexity index is 1220. The number of rotatable bonds is 10.